The van der Waals surface area contributed by atoms with Crippen LogP contribution in [0.15, 0.2) is 24.3 Å². The fraction of sp³-hybridized carbons (Fsp3) is 0.647. The minimum Gasteiger partial charge on any atom is -0.493 e. The molecule has 1 aliphatic carbocycles. The molecular weight excluding hydrogens is 248 g/mol. The van der Waals surface area contributed by atoms with E-state index in [4.69, 9.17) is 10.5 Å². The summed E-state index contributed by atoms with van der Waals surface area (Å²) in [6.45, 7) is 2.64. The van der Waals surface area contributed by atoms with Crippen molar-refractivity contribution in [2.24, 2.45) is 5.73 Å². The van der Waals surface area contributed by atoms with Crippen molar-refractivity contribution in [2.45, 2.75) is 43.6 Å². The molecule has 3 heteroatoms. The van der Waals surface area contributed by atoms with Crippen molar-refractivity contribution in [3.8, 4) is 5.75 Å². The molecule has 2 aliphatic rings. The Morgan fingerprint density at radius 1 is 1.25 bits per heavy atom. The molecule has 1 atom stereocenters. The molecule has 0 radical (unpaired) electrons. The summed E-state index contributed by atoms with van der Waals surface area (Å²) in [5.41, 5.74) is 7.72. The third-order valence-corrected chi connectivity index (χ3v) is 5.27. The topological polar surface area (TPSA) is 38.5 Å². The molecule has 110 valence electrons. The largest absolute Gasteiger partial charge is 0.493 e. The van der Waals surface area contributed by atoms with Crippen LogP contribution < -0.4 is 10.5 Å². The molecule has 0 bridgehead atoms. The summed E-state index contributed by atoms with van der Waals surface area (Å²) in [5.74, 6) is 1.55. The van der Waals surface area contributed by atoms with Crippen molar-refractivity contribution in [2.75, 3.05) is 26.7 Å². The first kappa shape index (κ1) is 13.9. The van der Waals surface area contributed by atoms with Crippen LogP contribution in [0.1, 0.15) is 43.6 Å². The minimum atomic E-state index is 0.218. The predicted octanol–water partition coefficient (Wildman–Crippen LogP) is 2.76. The highest BCUT2D eigenvalue weighted by Gasteiger charge is 2.37. The maximum absolute atomic E-state index is 6.14. The van der Waals surface area contributed by atoms with E-state index >= 15 is 0 Å². The zero-order chi connectivity index (χ0) is 14.0. The van der Waals surface area contributed by atoms with E-state index in [9.17, 15) is 0 Å². The standard InChI is InChI=1S/C17H26N2O/c1-19(17(13-18)9-5-2-6-10-17)11-14-12-20-16-8-4-3-7-15(14)16/h3-4,7-8,14H,2,5-6,9-13,18H2,1H3. The molecule has 0 spiro atoms. The summed E-state index contributed by atoms with van der Waals surface area (Å²) in [7, 11) is 2.25. The van der Waals surface area contributed by atoms with Crippen LogP contribution in [-0.2, 0) is 0 Å². The first-order valence-corrected chi connectivity index (χ1v) is 7.88. The smallest absolute Gasteiger partial charge is 0.122 e. The second-order valence-corrected chi connectivity index (χ2v) is 6.42. The van der Waals surface area contributed by atoms with E-state index in [-0.39, 0.29) is 5.54 Å². The van der Waals surface area contributed by atoms with Gasteiger partial charge in [-0.25, -0.2) is 0 Å². The number of ether oxygens (including phenoxy) is 1. The van der Waals surface area contributed by atoms with E-state index in [1.807, 2.05) is 6.07 Å². The second kappa shape index (κ2) is 5.74. The van der Waals surface area contributed by atoms with Crippen LogP contribution in [0.2, 0.25) is 0 Å². The number of fused-ring (bicyclic) bond motifs is 1. The molecule has 1 unspecified atom stereocenters. The minimum absolute atomic E-state index is 0.218. The number of hydrogen-bond acceptors (Lipinski definition) is 3. The van der Waals surface area contributed by atoms with Crippen molar-refractivity contribution in [3.05, 3.63) is 29.8 Å². The molecule has 3 nitrogen and oxygen atoms in total. The predicted molar refractivity (Wildman–Crippen MR) is 82.2 cm³/mol. The van der Waals surface area contributed by atoms with E-state index < -0.39 is 0 Å². The molecule has 20 heavy (non-hydrogen) atoms. The van der Waals surface area contributed by atoms with Gasteiger partial charge in [-0.15, -0.1) is 0 Å². The van der Waals surface area contributed by atoms with Crippen molar-refractivity contribution in [3.63, 3.8) is 0 Å². The summed E-state index contributed by atoms with van der Waals surface area (Å²) < 4.78 is 5.81. The lowest BCUT2D eigenvalue weighted by Crippen LogP contribution is -2.54. The maximum Gasteiger partial charge on any atom is 0.122 e. The molecule has 1 aliphatic heterocycles. The van der Waals surface area contributed by atoms with Gasteiger partial charge in [-0.05, 0) is 26.0 Å². The van der Waals surface area contributed by atoms with Crippen molar-refractivity contribution >= 4 is 0 Å². The third-order valence-electron chi connectivity index (χ3n) is 5.27. The van der Waals surface area contributed by atoms with Gasteiger partial charge in [-0.2, -0.15) is 0 Å². The van der Waals surface area contributed by atoms with Crippen LogP contribution in [-0.4, -0.2) is 37.2 Å². The molecule has 1 fully saturated rings. The number of rotatable bonds is 4. The maximum atomic E-state index is 6.14. The fourth-order valence-electron chi connectivity index (χ4n) is 3.86. The van der Waals surface area contributed by atoms with Crippen LogP contribution in [0.5, 0.6) is 5.75 Å². The van der Waals surface area contributed by atoms with Gasteiger partial charge in [0.05, 0.1) is 6.61 Å². The molecule has 0 aromatic heterocycles. The Hall–Kier alpha value is -1.06. The van der Waals surface area contributed by atoms with E-state index in [0.717, 1.165) is 25.4 Å². The average Bonchev–Trinajstić information content (AvgIpc) is 2.91. The zero-order valence-corrected chi connectivity index (χ0v) is 12.5. The Balaban J connectivity index is 1.71. The molecule has 3 rings (SSSR count). The summed E-state index contributed by atoms with van der Waals surface area (Å²) in [4.78, 5) is 2.52. The Morgan fingerprint density at radius 2 is 2.00 bits per heavy atom. The van der Waals surface area contributed by atoms with E-state index in [0.29, 0.717) is 5.92 Å². The number of likely N-dealkylation sites (N-methyl/N-ethyl adjacent to an activating group) is 1. The Labute approximate surface area is 122 Å². The van der Waals surface area contributed by atoms with Crippen LogP contribution >= 0.6 is 0 Å². The van der Waals surface area contributed by atoms with Crippen molar-refractivity contribution < 1.29 is 4.74 Å². The van der Waals surface area contributed by atoms with Gasteiger partial charge in [0.1, 0.15) is 5.75 Å². The highest BCUT2D eigenvalue weighted by molar-refractivity contribution is 5.39. The number of nitrogens with two attached hydrogens (primary N) is 1. The van der Waals surface area contributed by atoms with Crippen molar-refractivity contribution in [1.82, 2.24) is 4.90 Å². The Morgan fingerprint density at radius 3 is 2.75 bits per heavy atom. The molecule has 1 aromatic rings. The second-order valence-electron chi connectivity index (χ2n) is 6.42. The third kappa shape index (κ3) is 2.45. The van der Waals surface area contributed by atoms with Gasteiger partial charge < -0.3 is 10.5 Å². The molecular formula is C17H26N2O. The highest BCUT2D eigenvalue weighted by atomic mass is 16.5. The van der Waals surface area contributed by atoms with Crippen LogP contribution in [0.3, 0.4) is 0 Å². The van der Waals surface area contributed by atoms with Crippen LogP contribution in [0.25, 0.3) is 0 Å². The average molecular weight is 274 g/mol. The lowest BCUT2D eigenvalue weighted by molar-refractivity contribution is 0.0741. The molecule has 1 heterocycles. The van der Waals surface area contributed by atoms with Gasteiger partial charge in [-0.1, -0.05) is 37.5 Å². The van der Waals surface area contributed by atoms with Gasteiger partial charge in [0.15, 0.2) is 0 Å². The van der Waals surface area contributed by atoms with Gasteiger partial charge in [-0.3, -0.25) is 4.90 Å². The number of benzene rings is 1. The monoisotopic (exact) mass is 274 g/mol. The number of para-hydroxylation sites is 1. The lowest BCUT2D eigenvalue weighted by atomic mass is 9.80. The molecule has 0 amide bonds. The van der Waals surface area contributed by atoms with Gasteiger partial charge in [0, 0.05) is 30.1 Å². The molecule has 1 saturated carbocycles. The summed E-state index contributed by atoms with van der Waals surface area (Å²) in [6.07, 6.45) is 6.49. The Kier molecular flexibility index (Phi) is 3.99. The van der Waals surface area contributed by atoms with Gasteiger partial charge in [0.25, 0.3) is 0 Å². The fourth-order valence-corrected chi connectivity index (χ4v) is 3.86. The van der Waals surface area contributed by atoms with E-state index in [2.05, 4.69) is 30.1 Å². The van der Waals surface area contributed by atoms with Crippen LogP contribution in [0.4, 0.5) is 0 Å². The quantitative estimate of drug-likeness (QED) is 0.917. The first-order valence-electron chi connectivity index (χ1n) is 7.88. The Bertz CT molecular complexity index is 454. The number of hydrogen-bond donors (Lipinski definition) is 1. The summed E-state index contributed by atoms with van der Waals surface area (Å²) in [6, 6.07) is 8.44. The van der Waals surface area contributed by atoms with Crippen molar-refractivity contribution in [1.29, 1.82) is 0 Å². The normalized spacial score (nSPS) is 24.4. The number of nitrogens with zero attached hydrogens (tertiary/aromatic N) is 1. The van der Waals surface area contributed by atoms with Gasteiger partial charge >= 0.3 is 0 Å². The summed E-state index contributed by atoms with van der Waals surface area (Å²) >= 11 is 0. The van der Waals surface area contributed by atoms with E-state index in [1.165, 1.54) is 37.7 Å². The molecule has 0 saturated heterocycles. The molecule has 1 aromatic carbocycles. The summed E-state index contributed by atoms with van der Waals surface area (Å²) in [5, 5.41) is 0. The molecule has 2 N–H and O–H groups in total. The zero-order valence-electron chi connectivity index (χ0n) is 12.5. The first-order chi connectivity index (χ1) is 9.75. The van der Waals surface area contributed by atoms with Gasteiger partial charge in [0.2, 0.25) is 0 Å². The van der Waals surface area contributed by atoms with Crippen LogP contribution in [0, 0.1) is 0 Å². The van der Waals surface area contributed by atoms with E-state index in [1.54, 1.807) is 0 Å². The lowest BCUT2D eigenvalue weighted by Gasteiger charge is -2.45. The highest BCUT2D eigenvalue weighted by Crippen LogP contribution is 2.37. The SMILES string of the molecule is CN(CC1COc2ccccc21)C1(CN)CCCCC1.